The summed E-state index contributed by atoms with van der Waals surface area (Å²) in [6, 6.07) is 13.7. The van der Waals surface area contributed by atoms with Gasteiger partial charge >= 0.3 is 0 Å². The molecule has 0 saturated carbocycles. The summed E-state index contributed by atoms with van der Waals surface area (Å²) in [5, 5.41) is 0. The molecule has 1 heteroatoms. The average Bonchev–Trinajstić information content (AvgIpc) is 3.02. The lowest BCUT2D eigenvalue weighted by Crippen LogP contribution is -2.28. The molecule has 0 bridgehead atoms. The van der Waals surface area contributed by atoms with Gasteiger partial charge in [-0.1, -0.05) is 48.6 Å². The topological polar surface area (TPSA) is 3.24 Å². The van der Waals surface area contributed by atoms with Crippen LogP contribution in [0.3, 0.4) is 0 Å². The minimum absolute atomic E-state index is 0.342. The summed E-state index contributed by atoms with van der Waals surface area (Å²) in [5.41, 5.74) is 8.47. The minimum Gasteiger partial charge on any atom is -0.285 e. The Morgan fingerprint density at radius 3 is 1.64 bits per heavy atom. The van der Waals surface area contributed by atoms with Crippen molar-refractivity contribution in [1.29, 1.82) is 0 Å². The molecule has 0 radical (unpaired) electrons. The van der Waals surface area contributed by atoms with Gasteiger partial charge in [0.2, 0.25) is 0 Å². The van der Waals surface area contributed by atoms with E-state index in [1.807, 2.05) is 0 Å². The molecule has 0 N–H and O–H groups in total. The van der Waals surface area contributed by atoms with Crippen LogP contribution in [-0.2, 0) is 0 Å². The third-order valence-corrected chi connectivity index (χ3v) is 5.09. The summed E-state index contributed by atoms with van der Waals surface area (Å²) in [6.07, 6.45) is 4.56. The first kappa shape index (κ1) is 15.1. The first-order chi connectivity index (χ1) is 10.6. The van der Waals surface area contributed by atoms with Gasteiger partial charge in [-0.15, -0.1) is 0 Å². The van der Waals surface area contributed by atoms with Gasteiger partial charge in [0.25, 0.3) is 0 Å². The van der Waals surface area contributed by atoms with Crippen LogP contribution >= 0.6 is 0 Å². The Bertz CT molecular complexity index is 652. The molecule has 1 heterocycles. The summed E-state index contributed by atoms with van der Waals surface area (Å²) in [4.78, 5) is 2.56. The Labute approximate surface area is 134 Å². The summed E-state index contributed by atoms with van der Waals surface area (Å²) in [7, 11) is 0. The zero-order chi connectivity index (χ0) is 15.7. The highest BCUT2D eigenvalue weighted by Crippen LogP contribution is 2.35. The van der Waals surface area contributed by atoms with Crippen LogP contribution in [0.5, 0.6) is 0 Å². The molecule has 1 aliphatic heterocycles. The molecule has 2 aromatic carbocycles. The zero-order valence-corrected chi connectivity index (χ0v) is 14.1. The van der Waals surface area contributed by atoms with Crippen LogP contribution in [0, 0.1) is 27.7 Å². The van der Waals surface area contributed by atoms with E-state index < -0.39 is 0 Å². The molecule has 22 heavy (non-hydrogen) atoms. The average molecular weight is 291 g/mol. The van der Waals surface area contributed by atoms with Gasteiger partial charge in [0.05, 0.1) is 6.04 Å². The smallest absolute Gasteiger partial charge is 0.0612 e. The normalized spacial score (nSPS) is 15.0. The molecule has 114 valence electrons. The van der Waals surface area contributed by atoms with E-state index in [1.54, 1.807) is 0 Å². The number of nitrogens with zero attached hydrogens (tertiary/aromatic N) is 1. The Kier molecular flexibility index (Phi) is 4.17. The summed E-state index contributed by atoms with van der Waals surface area (Å²) < 4.78 is 0. The van der Waals surface area contributed by atoms with Crippen LogP contribution in [0.4, 0.5) is 0 Å². The maximum absolute atomic E-state index is 2.56. The van der Waals surface area contributed by atoms with E-state index in [0.717, 1.165) is 13.1 Å². The van der Waals surface area contributed by atoms with Crippen LogP contribution < -0.4 is 0 Å². The first-order valence-corrected chi connectivity index (χ1v) is 8.11. The Hall–Kier alpha value is -1.86. The lowest BCUT2D eigenvalue weighted by Gasteiger charge is -2.31. The van der Waals surface area contributed by atoms with Crippen molar-refractivity contribution >= 4 is 0 Å². The molecule has 1 aliphatic rings. The molecule has 1 nitrogen and oxygen atoms in total. The monoisotopic (exact) mass is 291 g/mol. The van der Waals surface area contributed by atoms with Crippen LogP contribution in [-0.4, -0.2) is 18.0 Å². The number of hydrogen-bond donors (Lipinski definition) is 0. The van der Waals surface area contributed by atoms with Crippen LogP contribution in [0.1, 0.15) is 39.4 Å². The SMILES string of the molecule is Cc1cccc(C(c2cccc(C)c2C)N2CC=CC2)c1C. The molecule has 0 spiro atoms. The third kappa shape index (κ3) is 2.62. The van der Waals surface area contributed by atoms with Gasteiger partial charge in [0.15, 0.2) is 0 Å². The van der Waals surface area contributed by atoms with Gasteiger partial charge < -0.3 is 0 Å². The van der Waals surface area contributed by atoms with E-state index in [4.69, 9.17) is 0 Å². The van der Waals surface area contributed by atoms with Crippen LogP contribution in [0.15, 0.2) is 48.6 Å². The van der Waals surface area contributed by atoms with Gasteiger partial charge in [-0.05, 0) is 61.1 Å². The Morgan fingerprint density at radius 2 is 1.18 bits per heavy atom. The van der Waals surface area contributed by atoms with E-state index in [2.05, 4.69) is 81.1 Å². The molecule has 0 unspecified atom stereocenters. The predicted molar refractivity (Wildman–Crippen MR) is 94.4 cm³/mol. The fourth-order valence-electron chi connectivity index (χ4n) is 3.41. The highest BCUT2D eigenvalue weighted by molar-refractivity contribution is 5.45. The number of aryl methyl sites for hydroxylation is 2. The third-order valence-electron chi connectivity index (χ3n) is 5.09. The molecule has 0 fully saturated rings. The largest absolute Gasteiger partial charge is 0.285 e. The second-order valence-corrected chi connectivity index (χ2v) is 6.41. The van der Waals surface area contributed by atoms with Crippen molar-refractivity contribution in [3.05, 3.63) is 81.9 Å². The number of benzene rings is 2. The second-order valence-electron chi connectivity index (χ2n) is 6.41. The minimum atomic E-state index is 0.342. The molecule has 0 amide bonds. The van der Waals surface area contributed by atoms with Crippen molar-refractivity contribution in [1.82, 2.24) is 4.90 Å². The standard InChI is InChI=1S/C21H25N/c1-15-9-7-11-19(17(15)3)21(22-13-5-6-14-22)20-12-8-10-16(2)18(20)4/h5-12,21H,13-14H2,1-4H3. The van der Waals surface area contributed by atoms with E-state index in [1.165, 1.54) is 33.4 Å². The van der Waals surface area contributed by atoms with Crippen molar-refractivity contribution in [3.63, 3.8) is 0 Å². The maximum Gasteiger partial charge on any atom is 0.0612 e. The fraction of sp³-hybridized carbons (Fsp3) is 0.333. The van der Waals surface area contributed by atoms with E-state index in [0.29, 0.717) is 6.04 Å². The predicted octanol–water partition coefficient (Wildman–Crippen LogP) is 4.88. The molecular weight excluding hydrogens is 266 g/mol. The fourth-order valence-corrected chi connectivity index (χ4v) is 3.41. The quantitative estimate of drug-likeness (QED) is 0.728. The molecule has 0 aliphatic carbocycles. The van der Waals surface area contributed by atoms with Crippen LogP contribution in [0.25, 0.3) is 0 Å². The highest BCUT2D eigenvalue weighted by atomic mass is 15.2. The van der Waals surface area contributed by atoms with Gasteiger partial charge in [-0.2, -0.15) is 0 Å². The van der Waals surface area contributed by atoms with Crippen molar-refractivity contribution in [3.8, 4) is 0 Å². The summed E-state index contributed by atoms with van der Waals surface area (Å²) in [5.74, 6) is 0. The molecule has 3 rings (SSSR count). The first-order valence-electron chi connectivity index (χ1n) is 8.11. The van der Waals surface area contributed by atoms with Crippen molar-refractivity contribution < 1.29 is 0 Å². The van der Waals surface area contributed by atoms with E-state index in [-0.39, 0.29) is 0 Å². The Morgan fingerprint density at radius 1 is 0.727 bits per heavy atom. The highest BCUT2D eigenvalue weighted by Gasteiger charge is 2.26. The maximum atomic E-state index is 2.56. The summed E-state index contributed by atoms with van der Waals surface area (Å²) >= 11 is 0. The molecule has 2 aromatic rings. The second kappa shape index (κ2) is 6.10. The molecule has 0 saturated heterocycles. The van der Waals surface area contributed by atoms with Gasteiger partial charge in [-0.25, -0.2) is 0 Å². The van der Waals surface area contributed by atoms with Crippen molar-refractivity contribution in [2.45, 2.75) is 33.7 Å². The molecule has 0 atom stereocenters. The Balaban J connectivity index is 2.16. The van der Waals surface area contributed by atoms with E-state index in [9.17, 15) is 0 Å². The van der Waals surface area contributed by atoms with Gasteiger partial charge in [0.1, 0.15) is 0 Å². The van der Waals surface area contributed by atoms with Gasteiger partial charge in [-0.3, -0.25) is 4.90 Å². The molecular formula is C21H25N. The van der Waals surface area contributed by atoms with Crippen LogP contribution in [0.2, 0.25) is 0 Å². The molecule has 0 aromatic heterocycles. The van der Waals surface area contributed by atoms with Crippen molar-refractivity contribution in [2.24, 2.45) is 0 Å². The zero-order valence-electron chi connectivity index (χ0n) is 14.1. The summed E-state index contributed by atoms with van der Waals surface area (Å²) in [6.45, 7) is 11.0. The number of rotatable bonds is 3. The van der Waals surface area contributed by atoms with Gasteiger partial charge in [0, 0.05) is 13.1 Å². The lowest BCUT2D eigenvalue weighted by atomic mass is 9.88. The lowest BCUT2D eigenvalue weighted by molar-refractivity contribution is 0.291. The number of hydrogen-bond acceptors (Lipinski definition) is 1. The van der Waals surface area contributed by atoms with E-state index >= 15 is 0 Å². The van der Waals surface area contributed by atoms with Crippen molar-refractivity contribution in [2.75, 3.05) is 13.1 Å².